The molecule has 0 amide bonds. The van der Waals surface area contributed by atoms with Crippen LogP contribution in [0.5, 0.6) is 0 Å². The normalized spacial score (nSPS) is 10.8. The van der Waals surface area contributed by atoms with Crippen molar-refractivity contribution in [3.8, 4) is 28.1 Å². The number of para-hydroxylation sites is 1. The van der Waals surface area contributed by atoms with Crippen molar-refractivity contribution in [2.24, 2.45) is 0 Å². The van der Waals surface area contributed by atoms with E-state index < -0.39 is 0 Å². The van der Waals surface area contributed by atoms with E-state index in [1.807, 2.05) is 65.3 Å². The molecule has 1 aromatic heterocycles. The summed E-state index contributed by atoms with van der Waals surface area (Å²) in [7, 11) is 0. The minimum atomic E-state index is -0.0920. The van der Waals surface area contributed by atoms with Crippen LogP contribution in [0.3, 0.4) is 0 Å². The second kappa shape index (κ2) is 6.29. The molecule has 0 saturated carbocycles. The number of aryl methyl sites for hydroxylation is 1. The van der Waals surface area contributed by atoms with Crippen molar-refractivity contribution in [1.29, 1.82) is 0 Å². The second-order valence-corrected chi connectivity index (χ2v) is 6.07. The Hall–Kier alpha value is -3.33. The average Bonchev–Trinajstić information content (AvgIpc) is 3.01. The molecule has 0 fully saturated rings. The lowest BCUT2D eigenvalue weighted by atomic mass is 10.0. The topological polar surface area (TPSA) is 37.8 Å². The van der Waals surface area contributed by atoms with Crippen LogP contribution in [0.25, 0.3) is 28.1 Å². The van der Waals surface area contributed by atoms with Gasteiger partial charge in [-0.25, -0.2) is 0 Å². The van der Waals surface area contributed by atoms with E-state index in [0.29, 0.717) is 5.56 Å². The number of benzene rings is 3. The van der Waals surface area contributed by atoms with E-state index in [0.717, 1.165) is 22.5 Å². The Labute approximate surface area is 146 Å². The number of rotatable bonds is 3. The van der Waals surface area contributed by atoms with Gasteiger partial charge in [-0.3, -0.25) is 14.6 Å². The van der Waals surface area contributed by atoms with Crippen LogP contribution < -0.4 is 5.56 Å². The molecule has 0 atom stereocenters. The summed E-state index contributed by atoms with van der Waals surface area (Å²) < 4.78 is 1.87. The van der Waals surface area contributed by atoms with Gasteiger partial charge in [0.05, 0.1) is 16.9 Å². The zero-order chi connectivity index (χ0) is 17.2. The van der Waals surface area contributed by atoms with Crippen LogP contribution in [0.15, 0.2) is 89.7 Å². The molecule has 0 radical (unpaired) electrons. The summed E-state index contributed by atoms with van der Waals surface area (Å²) in [4.78, 5) is 12.8. The van der Waals surface area contributed by atoms with Crippen LogP contribution in [0.2, 0.25) is 0 Å². The van der Waals surface area contributed by atoms with Crippen LogP contribution in [0, 0.1) is 6.92 Å². The highest BCUT2D eigenvalue weighted by molar-refractivity contribution is 5.81. The molecule has 0 saturated heterocycles. The van der Waals surface area contributed by atoms with Gasteiger partial charge in [0.1, 0.15) is 0 Å². The molecule has 4 aromatic rings. The maximum atomic E-state index is 12.8. The molecule has 4 rings (SSSR count). The van der Waals surface area contributed by atoms with Crippen LogP contribution in [0.1, 0.15) is 5.56 Å². The third kappa shape index (κ3) is 2.81. The molecule has 25 heavy (non-hydrogen) atoms. The lowest BCUT2D eigenvalue weighted by Crippen LogP contribution is -2.05. The molecule has 0 aliphatic heterocycles. The molecule has 0 aliphatic carbocycles. The smallest absolute Gasteiger partial charge is 0.267 e. The molecule has 1 N–H and O–H groups in total. The zero-order valence-corrected chi connectivity index (χ0v) is 13.9. The van der Waals surface area contributed by atoms with E-state index >= 15 is 0 Å². The third-order valence-corrected chi connectivity index (χ3v) is 4.30. The number of hydrogen-bond acceptors (Lipinski definition) is 1. The summed E-state index contributed by atoms with van der Waals surface area (Å²) >= 11 is 0. The predicted molar refractivity (Wildman–Crippen MR) is 102 cm³/mol. The van der Waals surface area contributed by atoms with Gasteiger partial charge >= 0.3 is 0 Å². The monoisotopic (exact) mass is 326 g/mol. The maximum Gasteiger partial charge on any atom is 0.272 e. The number of aromatic nitrogens is 2. The van der Waals surface area contributed by atoms with Crippen LogP contribution >= 0.6 is 0 Å². The Balaban J connectivity index is 2.04. The molecule has 0 bridgehead atoms. The maximum absolute atomic E-state index is 12.8. The molecule has 3 heteroatoms. The first kappa shape index (κ1) is 15.2. The van der Waals surface area contributed by atoms with Crippen LogP contribution in [0.4, 0.5) is 0 Å². The Kier molecular flexibility index (Phi) is 3.82. The minimum absolute atomic E-state index is 0.0920. The Morgan fingerprint density at radius 3 is 1.96 bits per heavy atom. The highest BCUT2D eigenvalue weighted by Crippen LogP contribution is 2.31. The summed E-state index contributed by atoms with van der Waals surface area (Å²) in [5.74, 6) is 0. The van der Waals surface area contributed by atoms with E-state index in [4.69, 9.17) is 0 Å². The van der Waals surface area contributed by atoms with E-state index in [1.165, 1.54) is 5.56 Å². The van der Waals surface area contributed by atoms with Crippen molar-refractivity contribution >= 4 is 0 Å². The molecule has 3 aromatic carbocycles. The highest BCUT2D eigenvalue weighted by atomic mass is 16.1. The van der Waals surface area contributed by atoms with Gasteiger partial charge < -0.3 is 0 Å². The van der Waals surface area contributed by atoms with Crippen molar-refractivity contribution in [2.45, 2.75) is 6.92 Å². The first-order chi connectivity index (χ1) is 12.2. The van der Waals surface area contributed by atoms with Gasteiger partial charge in [-0.1, -0.05) is 78.4 Å². The van der Waals surface area contributed by atoms with Gasteiger partial charge in [0.25, 0.3) is 5.56 Å². The van der Waals surface area contributed by atoms with E-state index in [9.17, 15) is 4.79 Å². The summed E-state index contributed by atoms with van der Waals surface area (Å²) in [5.41, 5.74) is 5.51. The van der Waals surface area contributed by atoms with Crippen molar-refractivity contribution in [2.75, 3.05) is 0 Å². The Morgan fingerprint density at radius 2 is 1.32 bits per heavy atom. The lowest BCUT2D eigenvalue weighted by Gasteiger charge is -2.11. The SMILES string of the molecule is Cc1ccc(-c2c(-c3ccccc3)c(=O)[nH]n2-c2ccccc2)cc1. The number of hydrogen-bond donors (Lipinski definition) is 1. The summed E-state index contributed by atoms with van der Waals surface area (Å²) in [6.45, 7) is 2.06. The molecule has 1 heterocycles. The molecule has 0 aliphatic rings. The Bertz CT molecular complexity index is 1040. The fourth-order valence-electron chi connectivity index (χ4n) is 3.06. The number of nitrogens with one attached hydrogen (secondary N) is 1. The quantitative estimate of drug-likeness (QED) is 0.576. The van der Waals surface area contributed by atoms with E-state index in [1.54, 1.807) is 0 Å². The van der Waals surface area contributed by atoms with Crippen molar-refractivity contribution in [3.63, 3.8) is 0 Å². The molecule has 0 unspecified atom stereocenters. The first-order valence-electron chi connectivity index (χ1n) is 8.27. The molecular weight excluding hydrogens is 308 g/mol. The fraction of sp³-hybridized carbons (Fsp3) is 0.0455. The summed E-state index contributed by atoms with van der Waals surface area (Å²) in [5, 5.41) is 3.00. The second-order valence-electron chi connectivity index (χ2n) is 6.07. The fourth-order valence-corrected chi connectivity index (χ4v) is 3.06. The zero-order valence-electron chi connectivity index (χ0n) is 13.9. The first-order valence-corrected chi connectivity index (χ1v) is 8.27. The van der Waals surface area contributed by atoms with E-state index in [-0.39, 0.29) is 5.56 Å². The highest BCUT2D eigenvalue weighted by Gasteiger charge is 2.19. The number of nitrogens with zero attached hydrogens (tertiary/aromatic N) is 1. The number of aromatic amines is 1. The van der Waals surface area contributed by atoms with Gasteiger partial charge in [0.2, 0.25) is 0 Å². The molecule has 3 nitrogen and oxygen atoms in total. The summed E-state index contributed by atoms with van der Waals surface area (Å²) in [6, 6.07) is 27.9. The van der Waals surface area contributed by atoms with Crippen molar-refractivity contribution in [1.82, 2.24) is 9.78 Å². The lowest BCUT2D eigenvalue weighted by molar-refractivity contribution is 0.871. The predicted octanol–water partition coefficient (Wildman–Crippen LogP) is 4.81. The Morgan fingerprint density at radius 1 is 0.720 bits per heavy atom. The van der Waals surface area contributed by atoms with Gasteiger partial charge in [0, 0.05) is 5.56 Å². The average molecular weight is 326 g/mol. The van der Waals surface area contributed by atoms with Gasteiger partial charge in [-0.05, 0) is 24.6 Å². The molecule has 122 valence electrons. The van der Waals surface area contributed by atoms with Crippen LogP contribution in [-0.2, 0) is 0 Å². The van der Waals surface area contributed by atoms with Crippen molar-refractivity contribution in [3.05, 3.63) is 101 Å². The van der Waals surface area contributed by atoms with Gasteiger partial charge in [-0.15, -0.1) is 0 Å². The van der Waals surface area contributed by atoms with Gasteiger partial charge in [0.15, 0.2) is 0 Å². The van der Waals surface area contributed by atoms with Gasteiger partial charge in [-0.2, -0.15) is 0 Å². The van der Waals surface area contributed by atoms with Crippen molar-refractivity contribution < 1.29 is 0 Å². The molecule has 0 spiro atoms. The standard InChI is InChI=1S/C22H18N2O/c1-16-12-14-18(15-13-16)21-20(17-8-4-2-5-9-17)22(25)23-24(21)19-10-6-3-7-11-19/h2-15H,1H3,(H,23,25). The third-order valence-electron chi connectivity index (χ3n) is 4.30. The van der Waals surface area contributed by atoms with Crippen LogP contribution in [-0.4, -0.2) is 9.78 Å². The largest absolute Gasteiger partial charge is 0.272 e. The number of H-pyrrole nitrogens is 1. The minimum Gasteiger partial charge on any atom is -0.267 e. The molecular formula is C22H18N2O. The van der Waals surface area contributed by atoms with E-state index in [2.05, 4.69) is 36.3 Å². The summed E-state index contributed by atoms with van der Waals surface area (Å²) in [6.07, 6.45) is 0.